The van der Waals surface area contributed by atoms with E-state index >= 15 is 0 Å². The summed E-state index contributed by atoms with van der Waals surface area (Å²) in [6, 6.07) is 27.1. The molecule has 0 spiro atoms. The lowest BCUT2D eigenvalue weighted by molar-refractivity contribution is -0.138. The summed E-state index contributed by atoms with van der Waals surface area (Å²) in [5.41, 5.74) is 4.28. The minimum atomic E-state index is -2.11. The highest BCUT2D eigenvalue weighted by molar-refractivity contribution is 6.80. The Balaban J connectivity index is 1.88. The molecule has 0 heterocycles. The van der Waals surface area contributed by atoms with Crippen LogP contribution in [-0.4, -0.2) is 21.6 Å². The molecule has 0 N–H and O–H groups in total. The van der Waals surface area contributed by atoms with Crippen molar-refractivity contribution in [2.24, 2.45) is 0 Å². The quantitative estimate of drug-likeness (QED) is 0.396. The molecule has 170 valence electrons. The van der Waals surface area contributed by atoms with E-state index in [4.69, 9.17) is 9.16 Å². The van der Waals surface area contributed by atoms with E-state index in [1.54, 1.807) is 0 Å². The third kappa shape index (κ3) is 4.96. The molecule has 1 aliphatic rings. The summed E-state index contributed by atoms with van der Waals surface area (Å²) in [6.07, 6.45) is 1.44. The monoisotopic (exact) mass is 456 g/mol. The highest BCUT2D eigenvalue weighted by atomic mass is 28.3. The molecule has 0 saturated carbocycles. The van der Waals surface area contributed by atoms with Gasteiger partial charge < -0.3 is 9.16 Å². The van der Waals surface area contributed by atoms with Crippen LogP contribution in [-0.2, 0) is 25.8 Å². The Morgan fingerprint density at radius 3 is 2.00 bits per heavy atom. The molecule has 33 heavy (non-hydrogen) atoms. The van der Waals surface area contributed by atoms with E-state index in [2.05, 4.69) is 87.5 Å². The second kappa shape index (κ2) is 9.80. The van der Waals surface area contributed by atoms with Gasteiger partial charge in [-0.15, -0.1) is 0 Å². The molecule has 0 unspecified atom stereocenters. The zero-order valence-corrected chi connectivity index (χ0v) is 21.1. The third-order valence-corrected chi connectivity index (χ3v) is 8.54. The van der Waals surface area contributed by atoms with Gasteiger partial charge in [0.2, 0.25) is 0 Å². The van der Waals surface area contributed by atoms with E-state index in [1.807, 2.05) is 19.1 Å². The number of carbonyl (C=O) groups is 1. The van der Waals surface area contributed by atoms with Gasteiger partial charge in [0.15, 0.2) is 0 Å². The van der Waals surface area contributed by atoms with Gasteiger partial charge in [0.25, 0.3) is 9.04 Å². The molecule has 0 aromatic heterocycles. The maximum absolute atomic E-state index is 13.0. The Morgan fingerprint density at radius 1 is 0.848 bits per heavy atom. The minimum Gasteiger partial charge on any atom is -0.537 e. The van der Waals surface area contributed by atoms with Crippen molar-refractivity contribution in [2.45, 2.75) is 46.0 Å². The number of benzene rings is 3. The Kier molecular flexibility index (Phi) is 6.85. The van der Waals surface area contributed by atoms with Gasteiger partial charge in [0.1, 0.15) is 5.76 Å². The molecule has 4 rings (SSSR count). The lowest BCUT2D eigenvalue weighted by atomic mass is 9.78. The first-order chi connectivity index (χ1) is 15.9. The van der Waals surface area contributed by atoms with E-state index in [0.29, 0.717) is 24.4 Å². The number of rotatable bonds is 6. The molecule has 0 radical (unpaired) electrons. The molecule has 0 fully saturated rings. The lowest BCUT2D eigenvalue weighted by Gasteiger charge is -2.31. The predicted octanol–water partition coefficient (Wildman–Crippen LogP) is 4.76. The van der Waals surface area contributed by atoms with Crippen LogP contribution in [0.15, 0.2) is 84.4 Å². The fraction of sp³-hybridized carbons (Fsp3) is 0.276. The van der Waals surface area contributed by atoms with Gasteiger partial charge in [-0.25, -0.2) is 4.79 Å². The van der Waals surface area contributed by atoms with Crippen molar-refractivity contribution in [3.63, 3.8) is 0 Å². The first-order valence-electron chi connectivity index (χ1n) is 11.7. The molecule has 3 aromatic rings. The summed E-state index contributed by atoms with van der Waals surface area (Å²) in [7, 11) is -2.11. The number of hydrogen-bond donors (Lipinski definition) is 0. The second-order valence-electron chi connectivity index (χ2n) is 9.43. The summed E-state index contributed by atoms with van der Waals surface area (Å²) in [4.78, 5) is 13.0. The number of hydrogen-bond acceptors (Lipinski definition) is 3. The molecular formula is C29H32O3Si. The fourth-order valence-corrected chi connectivity index (χ4v) is 6.85. The lowest BCUT2D eigenvalue weighted by Crippen LogP contribution is -2.45. The van der Waals surface area contributed by atoms with Gasteiger partial charge in [-0.1, -0.05) is 99.6 Å². The van der Waals surface area contributed by atoms with Crippen molar-refractivity contribution < 1.29 is 14.0 Å². The van der Waals surface area contributed by atoms with Gasteiger partial charge in [-0.2, -0.15) is 0 Å². The van der Waals surface area contributed by atoms with Crippen LogP contribution in [0, 0.1) is 0 Å². The highest BCUT2D eigenvalue weighted by Crippen LogP contribution is 2.38. The van der Waals surface area contributed by atoms with Gasteiger partial charge >= 0.3 is 5.97 Å². The summed E-state index contributed by atoms with van der Waals surface area (Å²) < 4.78 is 12.4. The van der Waals surface area contributed by atoms with Crippen LogP contribution in [0.5, 0.6) is 0 Å². The maximum Gasteiger partial charge on any atom is 0.337 e. The average Bonchev–Trinajstić information content (AvgIpc) is 2.82. The molecule has 0 saturated heterocycles. The molecule has 4 heteroatoms. The van der Waals surface area contributed by atoms with Crippen molar-refractivity contribution >= 4 is 31.1 Å². The topological polar surface area (TPSA) is 35.5 Å². The highest BCUT2D eigenvalue weighted by Gasteiger charge is 2.32. The smallest absolute Gasteiger partial charge is 0.337 e. The first-order valence-corrected chi connectivity index (χ1v) is 13.3. The number of carbonyl (C=O) groups excluding carboxylic acids is 1. The van der Waals surface area contributed by atoms with Crippen LogP contribution in [0.2, 0.25) is 0 Å². The van der Waals surface area contributed by atoms with Gasteiger partial charge in [0.05, 0.1) is 12.2 Å². The zero-order valence-electron chi connectivity index (χ0n) is 19.9. The number of fused-ring (bicyclic) bond motifs is 1. The predicted molar refractivity (Wildman–Crippen MR) is 137 cm³/mol. The van der Waals surface area contributed by atoms with Gasteiger partial charge in [0, 0.05) is 5.56 Å². The normalized spacial score (nSPS) is 13.6. The van der Waals surface area contributed by atoms with Crippen LogP contribution >= 0.6 is 0 Å². The van der Waals surface area contributed by atoms with E-state index in [9.17, 15) is 4.79 Å². The summed E-state index contributed by atoms with van der Waals surface area (Å²) in [5, 5.41) is 2.36. The maximum atomic E-state index is 13.0. The zero-order chi connectivity index (χ0) is 23.4. The Hall–Kier alpha value is -3.11. The fourth-order valence-electron chi connectivity index (χ4n) is 4.55. The van der Waals surface area contributed by atoms with Gasteiger partial charge in [-0.3, -0.25) is 0 Å². The van der Waals surface area contributed by atoms with E-state index in [1.165, 1.54) is 21.5 Å². The average molecular weight is 457 g/mol. The van der Waals surface area contributed by atoms with Crippen LogP contribution in [0.3, 0.4) is 0 Å². The van der Waals surface area contributed by atoms with E-state index in [0.717, 1.165) is 12.0 Å². The van der Waals surface area contributed by atoms with Gasteiger partial charge in [-0.05, 0) is 46.7 Å². The second-order valence-corrected chi connectivity index (χ2v) is 11.8. The van der Waals surface area contributed by atoms with Crippen molar-refractivity contribution in [1.82, 2.24) is 0 Å². The molecule has 0 bridgehead atoms. The summed E-state index contributed by atoms with van der Waals surface area (Å²) in [5.74, 6) is 0.429. The Labute approximate surface area is 198 Å². The number of ether oxygens (including phenoxy) is 1. The Morgan fingerprint density at radius 2 is 1.45 bits per heavy atom. The first kappa shape index (κ1) is 23.1. The molecule has 3 nitrogen and oxygen atoms in total. The third-order valence-electron chi connectivity index (χ3n) is 6.09. The molecule has 1 aliphatic carbocycles. The van der Waals surface area contributed by atoms with E-state index in [-0.39, 0.29) is 11.4 Å². The molecule has 0 amide bonds. The van der Waals surface area contributed by atoms with Crippen LogP contribution in [0.4, 0.5) is 0 Å². The Bertz CT molecular complexity index is 1100. The molecule has 0 atom stereocenters. The van der Waals surface area contributed by atoms with Crippen molar-refractivity contribution in [3.8, 4) is 0 Å². The van der Waals surface area contributed by atoms with E-state index < -0.39 is 9.04 Å². The molecule has 3 aromatic carbocycles. The van der Waals surface area contributed by atoms with Crippen LogP contribution in [0.1, 0.15) is 50.8 Å². The summed E-state index contributed by atoms with van der Waals surface area (Å²) >= 11 is 0. The minimum absolute atomic E-state index is 0.00751. The van der Waals surface area contributed by atoms with Crippen molar-refractivity contribution in [2.75, 3.05) is 6.61 Å². The molecular weight excluding hydrogens is 424 g/mol. The van der Waals surface area contributed by atoms with Crippen LogP contribution in [0.25, 0.3) is 5.76 Å². The standard InChI is InChI=1S/C29H32O3Si/c1-5-31-28(30)25-20-19-23-24(17-12-18-26(23)29(2,3)4)27(25)32-33(21-13-8-6-9-14-21)22-15-10-7-11-16-22/h6-18,33H,5,19-20H2,1-4H3. The largest absolute Gasteiger partial charge is 0.537 e. The van der Waals surface area contributed by atoms with Crippen LogP contribution < -0.4 is 10.4 Å². The SMILES string of the molecule is CCOC(=O)C1=C(O[SiH](c2ccccc2)c2ccccc2)c2cccc(C(C)(C)C)c2CC1. The summed E-state index contributed by atoms with van der Waals surface area (Å²) in [6.45, 7) is 8.90. The van der Waals surface area contributed by atoms with Crippen molar-refractivity contribution in [3.05, 3.63) is 101 Å². The van der Waals surface area contributed by atoms with Crippen molar-refractivity contribution in [1.29, 1.82) is 0 Å². The molecule has 0 aliphatic heterocycles. The number of esters is 1.